The Kier molecular flexibility index (Phi) is 16.5. The van der Waals surface area contributed by atoms with Crippen molar-refractivity contribution < 1.29 is 19.2 Å². The number of carbonyl (C=O) groups is 4. The van der Waals surface area contributed by atoms with Crippen LogP contribution in [0.4, 0.5) is 0 Å². The molecule has 15 N–H and O–H groups in total. The van der Waals surface area contributed by atoms with E-state index in [0.717, 1.165) is 26.7 Å². The molecular formula is C36H48BrN11O4. The molecule has 0 spiro atoms. The van der Waals surface area contributed by atoms with Gasteiger partial charge in [-0.15, -0.1) is 0 Å². The van der Waals surface area contributed by atoms with Crippen LogP contribution >= 0.6 is 15.9 Å². The lowest BCUT2D eigenvalue weighted by molar-refractivity contribution is -0.133. The summed E-state index contributed by atoms with van der Waals surface area (Å²) in [6.45, 7) is 0.547. The first-order valence-electron chi connectivity index (χ1n) is 16.8. The van der Waals surface area contributed by atoms with E-state index in [1.165, 1.54) is 0 Å². The van der Waals surface area contributed by atoms with Crippen molar-refractivity contribution in [2.24, 2.45) is 22.9 Å². The number of benzene rings is 3. The molecule has 3 rings (SSSR count). The van der Waals surface area contributed by atoms with Gasteiger partial charge in [-0.2, -0.15) is 0 Å². The summed E-state index contributed by atoms with van der Waals surface area (Å²) in [5.74, 6) is -3.09. The fraction of sp³-hybridized carbons (Fsp3) is 0.333. The van der Waals surface area contributed by atoms with Crippen LogP contribution in [0.15, 0.2) is 83.3 Å². The van der Waals surface area contributed by atoms with Gasteiger partial charge in [0.2, 0.25) is 23.6 Å². The summed E-state index contributed by atoms with van der Waals surface area (Å²) >= 11 is 3.39. The third-order valence-corrected chi connectivity index (χ3v) is 8.63. The molecular weight excluding hydrogens is 730 g/mol. The summed E-state index contributed by atoms with van der Waals surface area (Å²) in [5.41, 5.74) is 26.3. The standard InChI is InChI=1S/C36H48BrN11O4/c37-26-16-12-23(13-17-26)21-30(34(52)46-28(31(39)49)8-4-18-44-35(40)41)48-33(51)29(9-5-19-45-36(42)43)47-32(50)27(38)20-22-10-14-25(15-11-22)24-6-2-1-3-7-24/h1-3,6-7,10-17,27-30H,4-5,8-9,18-21,38H2,(H2,39,49)(H,46,52)(H,47,50)(H,48,51)(H4,40,41,44)(H4,42,43,45)/t27-,28-,29-,30-/m0/s1. The Bertz CT molecular complexity index is 1660. The normalized spacial score (nSPS) is 13.0. The molecule has 15 nitrogen and oxygen atoms in total. The molecule has 0 unspecified atom stereocenters. The number of hydrogen-bond donors (Lipinski definition) is 11. The molecule has 3 aromatic carbocycles. The van der Waals surface area contributed by atoms with Crippen LogP contribution in [0.3, 0.4) is 0 Å². The van der Waals surface area contributed by atoms with Gasteiger partial charge >= 0.3 is 0 Å². The van der Waals surface area contributed by atoms with Crippen molar-refractivity contribution in [2.45, 2.75) is 62.7 Å². The number of rotatable bonds is 20. The zero-order valence-electron chi connectivity index (χ0n) is 28.8. The quantitative estimate of drug-likeness (QED) is 0.0437. The number of nitrogens with two attached hydrogens (primary N) is 4. The number of nitrogens with one attached hydrogen (secondary N) is 7. The predicted octanol–water partition coefficient (Wildman–Crippen LogP) is 0.695. The molecule has 4 amide bonds. The van der Waals surface area contributed by atoms with Crippen LogP contribution in [0.5, 0.6) is 0 Å². The lowest BCUT2D eigenvalue weighted by Gasteiger charge is -2.26. The Morgan fingerprint density at radius 1 is 0.596 bits per heavy atom. The van der Waals surface area contributed by atoms with Crippen molar-refractivity contribution in [3.63, 3.8) is 0 Å². The van der Waals surface area contributed by atoms with Gasteiger partial charge in [-0.05, 0) is 66.5 Å². The minimum atomic E-state index is -1.16. The maximum atomic E-state index is 13.8. The molecule has 0 saturated carbocycles. The van der Waals surface area contributed by atoms with Gasteiger partial charge < -0.3 is 49.5 Å². The second-order valence-electron chi connectivity index (χ2n) is 12.3. The summed E-state index contributed by atoms with van der Waals surface area (Å²) in [5, 5.41) is 28.2. The Morgan fingerprint density at radius 2 is 1.06 bits per heavy atom. The highest BCUT2D eigenvalue weighted by Gasteiger charge is 2.30. The molecule has 0 bridgehead atoms. The van der Waals surface area contributed by atoms with E-state index in [0.29, 0.717) is 12.8 Å². The van der Waals surface area contributed by atoms with E-state index in [9.17, 15) is 19.2 Å². The van der Waals surface area contributed by atoms with Crippen LogP contribution in [0.25, 0.3) is 11.1 Å². The molecule has 0 heterocycles. The average molecular weight is 779 g/mol. The van der Waals surface area contributed by atoms with Gasteiger partial charge in [-0.1, -0.05) is 82.7 Å². The van der Waals surface area contributed by atoms with Gasteiger partial charge in [0.05, 0.1) is 6.04 Å². The van der Waals surface area contributed by atoms with Crippen molar-refractivity contribution in [3.05, 3.63) is 94.5 Å². The monoisotopic (exact) mass is 777 g/mol. The van der Waals surface area contributed by atoms with Crippen LogP contribution < -0.4 is 49.5 Å². The lowest BCUT2D eigenvalue weighted by Crippen LogP contribution is -2.58. The van der Waals surface area contributed by atoms with Crippen molar-refractivity contribution in [2.75, 3.05) is 13.1 Å². The largest absolute Gasteiger partial charge is 0.370 e. The molecule has 4 atom stereocenters. The SMILES string of the molecule is N=C(N)NCCC[C@H](NC(=O)[C@H](Cc1ccc(Br)cc1)NC(=O)[C@H](CCCNC(=N)N)NC(=O)[C@@H](N)Cc1ccc(-c2ccccc2)cc1)C(N)=O. The Hall–Kier alpha value is -5.48. The highest BCUT2D eigenvalue weighted by molar-refractivity contribution is 9.10. The summed E-state index contributed by atoms with van der Waals surface area (Å²) in [6, 6.07) is 20.4. The van der Waals surface area contributed by atoms with E-state index < -0.39 is 47.8 Å². The molecule has 52 heavy (non-hydrogen) atoms. The van der Waals surface area contributed by atoms with Gasteiger partial charge in [-0.3, -0.25) is 30.0 Å². The fourth-order valence-electron chi connectivity index (χ4n) is 5.31. The zero-order valence-corrected chi connectivity index (χ0v) is 30.4. The van der Waals surface area contributed by atoms with E-state index >= 15 is 0 Å². The number of amides is 4. The Labute approximate surface area is 311 Å². The Morgan fingerprint density at radius 3 is 1.62 bits per heavy atom. The van der Waals surface area contributed by atoms with Crippen LogP contribution in [0.2, 0.25) is 0 Å². The van der Waals surface area contributed by atoms with Gasteiger partial charge in [0.1, 0.15) is 18.1 Å². The third kappa shape index (κ3) is 14.4. The molecule has 0 radical (unpaired) electrons. The molecule has 16 heteroatoms. The molecule has 0 aliphatic heterocycles. The average Bonchev–Trinajstić information content (AvgIpc) is 3.11. The summed E-state index contributed by atoms with van der Waals surface area (Å²) in [7, 11) is 0. The van der Waals surface area contributed by atoms with Crippen molar-refractivity contribution in [1.29, 1.82) is 10.8 Å². The first kappa shape index (κ1) is 40.9. The van der Waals surface area contributed by atoms with E-state index in [1.54, 1.807) is 24.3 Å². The molecule has 0 aliphatic rings. The Balaban J connectivity index is 1.75. The van der Waals surface area contributed by atoms with E-state index in [-0.39, 0.29) is 50.7 Å². The predicted molar refractivity (Wildman–Crippen MR) is 205 cm³/mol. The molecule has 0 aromatic heterocycles. The topological polar surface area (TPSA) is 280 Å². The molecule has 0 aliphatic carbocycles. The molecule has 278 valence electrons. The first-order chi connectivity index (χ1) is 24.8. The van der Waals surface area contributed by atoms with Crippen LogP contribution in [-0.4, -0.2) is 72.8 Å². The minimum absolute atomic E-state index is 0.0628. The van der Waals surface area contributed by atoms with Crippen molar-refractivity contribution >= 4 is 51.5 Å². The number of carbonyl (C=O) groups excluding carboxylic acids is 4. The fourth-order valence-corrected chi connectivity index (χ4v) is 5.58. The van der Waals surface area contributed by atoms with Crippen LogP contribution in [0, 0.1) is 10.8 Å². The number of halogens is 1. The van der Waals surface area contributed by atoms with Gasteiger partial charge in [0.15, 0.2) is 11.9 Å². The maximum absolute atomic E-state index is 13.8. The van der Waals surface area contributed by atoms with Crippen molar-refractivity contribution in [3.8, 4) is 11.1 Å². The summed E-state index contributed by atoms with van der Waals surface area (Å²) in [6.07, 6.45) is 1.29. The van der Waals surface area contributed by atoms with Gasteiger partial charge in [0, 0.05) is 24.0 Å². The minimum Gasteiger partial charge on any atom is -0.370 e. The first-order valence-corrected chi connectivity index (χ1v) is 17.6. The number of primary amides is 1. The highest BCUT2D eigenvalue weighted by Crippen LogP contribution is 2.20. The third-order valence-electron chi connectivity index (χ3n) is 8.10. The number of hydrogen-bond acceptors (Lipinski definition) is 7. The molecule has 3 aromatic rings. The molecule has 0 saturated heterocycles. The van der Waals surface area contributed by atoms with Crippen LogP contribution in [-0.2, 0) is 32.0 Å². The zero-order chi connectivity index (χ0) is 38.0. The van der Waals surface area contributed by atoms with E-state index in [2.05, 4.69) is 42.5 Å². The van der Waals surface area contributed by atoms with Crippen LogP contribution in [0.1, 0.15) is 36.8 Å². The maximum Gasteiger partial charge on any atom is 0.243 e. The van der Waals surface area contributed by atoms with Crippen molar-refractivity contribution in [1.82, 2.24) is 26.6 Å². The number of guanidine groups is 2. The summed E-state index contributed by atoms with van der Waals surface area (Å²) in [4.78, 5) is 53.1. The second kappa shape index (κ2) is 21.0. The van der Waals surface area contributed by atoms with Gasteiger partial charge in [0.25, 0.3) is 0 Å². The van der Waals surface area contributed by atoms with E-state index in [4.69, 9.17) is 33.8 Å². The van der Waals surface area contributed by atoms with Gasteiger partial charge in [-0.25, -0.2) is 0 Å². The smallest absolute Gasteiger partial charge is 0.243 e. The summed E-state index contributed by atoms with van der Waals surface area (Å²) < 4.78 is 0.819. The second-order valence-corrected chi connectivity index (χ2v) is 13.2. The molecule has 0 fully saturated rings. The van der Waals surface area contributed by atoms with E-state index in [1.807, 2.05) is 54.6 Å². The lowest BCUT2D eigenvalue weighted by atomic mass is 10.00. The highest BCUT2D eigenvalue weighted by atomic mass is 79.9.